The lowest BCUT2D eigenvalue weighted by Crippen LogP contribution is -2.09. The van der Waals surface area contributed by atoms with Gasteiger partial charge in [-0.3, -0.25) is 19.2 Å². The van der Waals surface area contributed by atoms with Gasteiger partial charge < -0.3 is 23.4 Å². The molecule has 0 saturated heterocycles. The van der Waals surface area contributed by atoms with Crippen LogP contribution in [0.2, 0.25) is 0 Å². The Labute approximate surface area is 176 Å². The molecular formula is C22H18O9. The first kappa shape index (κ1) is 21.6. The highest BCUT2D eigenvalue weighted by Gasteiger charge is 2.22. The van der Waals surface area contributed by atoms with Gasteiger partial charge in [0.1, 0.15) is 45.3 Å². The molecule has 0 unspecified atom stereocenters. The number of ether oxygens (including phenoxy) is 4. The molecule has 160 valence electrons. The summed E-state index contributed by atoms with van der Waals surface area (Å²) in [5.41, 5.74) is -0.408. The van der Waals surface area contributed by atoms with Crippen LogP contribution in [0.5, 0.6) is 23.0 Å². The van der Waals surface area contributed by atoms with Gasteiger partial charge in [-0.1, -0.05) is 6.07 Å². The average molecular weight is 426 g/mol. The van der Waals surface area contributed by atoms with Crippen molar-refractivity contribution in [2.24, 2.45) is 0 Å². The molecule has 0 spiro atoms. The van der Waals surface area contributed by atoms with Crippen molar-refractivity contribution in [3.63, 3.8) is 0 Å². The standard InChI is InChI=1S/C22H18O9/c1-11(23)28-16-6-5-7-17(29-12(2)24)22(16)20-10-15(26)21-18(30-13(3)25)8-14(27-4)9-19(21)31-20/h5-10H,1-4H3. The van der Waals surface area contributed by atoms with Crippen LogP contribution in [0, 0.1) is 0 Å². The van der Waals surface area contributed by atoms with Gasteiger partial charge in [-0.15, -0.1) is 0 Å². The maximum absolute atomic E-state index is 12.9. The fourth-order valence-corrected chi connectivity index (χ4v) is 2.94. The van der Waals surface area contributed by atoms with E-state index in [2.05, 4.69) is 0 Å². The first-order valence-electron chi connectivity index (χ1n) is 9.04. The van der Waals surface area contributed by atoms with Crippen molar-refractivity contribution in [2.75, 3.05) is 7.11 Å². The molecule has 0 aliphatic rings. The van der Waals surface area contributed by atoms with Gasteiger partial charge in [0.25, 0.3) is 0 Å². The van der Waals surface area contributed by atoms with E-state index >= 15 is 0 Å². The lowest BCUT2D eigenvalue weighted by molar-refractivity contribution is -0.132. The molecule has 0 amide bonds. The zero-order valence-corrected chi connectivity index (χ0v) is 17.1. The molecule has 1 heterocycles. The van der Waals surface area contributed by atoms with E-state index in [0.29, 0.717) is 0 Å². The third kappa shape index (κ3) is 4.72. The van der Waals surface area contributed by atoms with Gasteiger partial charge >= 0.3 is 17.9 Å². The van der Waals surface area contributed by atoms with Crippen LogP contribution in [0.3, 0.4) is 0 Å². The quantitative estimate of drug-likeness (QED) is 0.447. The van der Waals surface area contributed by atoms with E-state index in [4.69, 9.17) is 23.4 Å². The second-order valence-corrected chi connectivity index (χ2v) is 6.38. The normalized spacial score (nSPS) is 10.5. The van der Waals surface area contributed by atoms with E-state index in [9.17, 15) is 19.2 Å². The number of carbonyl (C=O) groups excluding carboxylic acids is 3. The van der Waals surface area contributed by atoms with Crippen LogP contribution in [0.4, 0.5) is 0 Å². The predicted molar refractivity (Wildman–Crippen MR) is 108 cm³/mol. The third-order valence-electron chi connectivity index (χ3n) is 4.00. The van der Waals surface area contributed by atoms with Crippen molar-refractivity contribution < 1.29 is 37.7 Å². The van der Waals surface area contributed by atoms with E-state index in [0.717, 1.165) is 6.07 Å². The lowest BCUT2D eigenvalue weighted by Gasteiger charge is -2.14. The van der Waals surface area contributed by atoms with Crippen molar-refractivity contribution >= 4 is 28.9 Å². The lowest BCUT2D eigenvalue weighted by atomic mass is 10.1. The first-order valence-corrected chi connectivity index (χ1v) is 9.04. The Morgan fingerprint density at radius 1 is 0.806 bits per heavy atom. The molecule has 9 nitrogen and oxygen atoms in total. The van der Waals surface area contributed by atoms with Gasteiger partial charge in [-0.05, 0) is 12.1 Å². The summed E-state index contributed by atoms with van der Waals surface area (Å²) in [6.45, 7) is 3.60. The highest BCUT2D eigenvalue weighted by Crippen LogP contribution is 2.40. The van der Waals surface area contributed by atoms with Gasteiger partial charge in [0.2, 0.25) is 0 Å². The van der Waals surface area contributed by atoms with E-state index in [-0.39, 0.29) is 45.3 Å². The Kier molecular flexibility index (Phi) is 6.05. The number of methoxy groups -OCH3 is 1. The minimum Gasteiger partial charge on any atom is -0.496 e. The number of benzene rings is 2. The Bertz CT molecular complexity index is 1220. The summed E-state index contributed by atoms with van der Waals surface area (Å²) in [7, 11) is 1.40. The fourth-order valence-electron chi connectivity index (χ4n) is 2.94. The van der Waals surface area contributed by atoms with Crippen molar-refractivity contribution in [2.45, 2.75) is 20.8 Å². The number of carbonyl (C=O) groups is 3. The summed E-state index contributed by atoms with van der Waals surface area (Å²) in [4.78, 5) is 47.5. The molecule has 0 radical (unpaired) electrons. The molecule has 3 rings (SSSR count). The van der Waals surface area contributed by atoms with E-state index in [1.165, 1.54) is 58.2 Å². The maximum Gasteiger partial charge on any atom is 0.308 e. The van der Waals surface area contributed by atoms with Crippen molar-refractivity contribution in [3.05, 3.63) is 46.6 Å². The monoisotopic (exact) mass is 426 g/mol. The molecule has 0 N–H and O–H groups in total. The van der Waals surface area contributed by atoms with Crippen LogP contribution in [0.1, 0.15) is 20.8 Å². The summed E-state index contributed by atoms with van der Waals surface area (Å²) < 4.78 is 26.6. The SMILES string of the molecule is COc1cc(OC(C)=O)c2c(=O)cc(-c3c(OC(C)=O)cccc3OC(C)=O)oc2c1. The first-order chi connectivity index (χ1) is 14.7. The molecule has 0 bridgehead atoms. The minimum atomic E-state index is -0.629. The smallest absolute Gasteiger partial charge is 0.308 e. The highest BCUT2D eigenvalue weighted by atomic mass is 16.5. The second-order valence-electron chi connectivity index (χ2n) is 6.38. The van der Waals surface area contributed by atoms with Gasteiger partial charge in [-0.25, -0.2) is 0 Å². The summed E-state index contributed by atoms with van der Waals surface area (Å²) in [6.07, 6.45) is 0. The largest absolute Gasteiger partial charge is 0.496 e. The van der Waals surface area contributed by atoms with E-state index < -0.39 is 23.3 Å². The Morgan fingerprint density at radius 3 is 1.87 bits per heavy atom. The highest BCUT2D eigenvalue weighted by molar-refractivity contribution is 5.90. The molecule has 9 heteroatoms. The maximum atomic E-state index is 12.9. The number of hydrogen-bond donors (Lipinski definition) is 0. The predicted octanol–water partition coefficient (Wildman–Crippen LogP) is 3.24. The number of hydrogen-bond acceptors (Lipinski definition) is 9. The molecule has 1 aromatic heterocycles. The number of esters is 3. The summed E-state index contributed by atoms with van der Waals surface area (Å²) >= 11 is 0. The van der Waals surface area contributed by atoms with Crippen LogP contribution >= 0.6 is 0 Å². The second kappa shape index (κ2) is 8.70. The van der Waals surface area contributed by atoms with Gasteiger partial charge in [0, 0.05) is 39.0 Å². The minimum absolute atomic E-state index is 0.0127. The third-order valence-corrected chi connectivity index (χ3v) is 4.00. The number of fused-ring (bicyclic) bond motifs is 1. The van der Waals surface area contributed by atoms with Gasteiger partial charge in [-0.2, -0.15) is 0 Å². The Morgan fingerprint density at radius 2 is 1.35 bits per heavy atom. The van der Waals surface area contributed by atoms with Crippen LogP contribution in [-0.4, -0.2) is 25.0 Å². The van der Waals surface area contributed by atoms with Crippen LogP contribution in [0.15, 0.2) is 45.6 Å². The van der Waals surface area contributed by atoms with E-state index in [1.807, 2.05) is 0 Å². The molecule has 0 saturated carbocycles. The fraction of sp³-hybridized carbons (Fsp3) is 0.182. The molecule has 0 atom stereocenters. The molecular weight excluding hydrogens is 408 g/mol. The molecule has 3 aromatic rings. The molecule has 0 aliphatic carbocycles. The summed E-state index contributed by atoms with van der Waals surface area (Å²) in [5.74, 6) is -1.61. The number of rotatable bonds is 5. The zero-order valence-electron chi connectivity index (χ0n) is 17.1. The topological polar surface area (TPSA) is 118 Å². The van der Waals surface area contributed by atoms with Crippen molar-refractivity contribution in [1.29, 1.82) is 0 Å². The molecule has 0 aliphatic heterocycles. The Balaban J connectivity index is 2.33. The van der Waals surface area contributed by atoms with Crippen LogP contribution in [0.25, 0.3) is 22.3 Å². The zero-order chi connectivity index (χ0) is 22.7. The van der Waals surface area contributed by atoms with Crippen LogP contribution < -0.4 is 24.4 Å². The Hall–Kier alpha value is -4.14. The van der Waals surface area contributed by atoms with Crippen molar-refractivity contribution in [3.8, 4) is 34.3 Å². The van der Waals surface area contributed by atoms with E-state index in [1.54, 1.807) is 0 Å². The molecule has 0 fully saturated rings. The van der Waals surface area contributed by atoms with Gasteiger partial charge in [0.05, 0.1) is 7.11 Å². The van der Waals surface area contributed by atoms with Gasteiger partial charge in [0.15, 0.2) is 5.43 Å². The van der Waals surface area contributed by atoms with Crippen molar-refractivity contribution in [1.82, 2.24) is 0 Å². The average Bonchev–Trinajstić information content (AvgIpc) is 2.66. The summed E-state index contributed by atoms with van der Waals surface area (Å²) in [6, 6.07) is 8.39. The molecule has 31 heavy (non-hydrogen) atoms. The van der Waals surface area contributed by atoms with Crippen LogP contribution in [-0.2, 0) is 14.4 Å². The molecule has 2 aromatic carbocycles. The summed E-state index contributed by atoms with van der Waals surface area (Å²) in [5, 5.41) is 0.0127.